The molecule has 2 aromatic heterocycles. The standard InChI is InChI=1S/C17H25N5O.HI/c1-4-15-14(16(5-2)23-22-15)12-21-17(18-3)20-11-9-13-8-6-7-10-19-13;/h6-8,10H,4-5,9,11-12H2,1-3H3,(H2,18,20,21);1H. The predicted molar refractivity (Wildman–Crippen MR) is 107 cm³/mol. The summed E-state index contributed by atoms with van der Waals surface area (Å²) in [4.78, 5) is 8.57. The minimum Gasteiger partial charge on any atom is -0.361 e. The van der Waals surface area contributed by atoms with Gasteiger partial charge in [0.15, 0.2) is 5.96 Å². The summed E-state index contributed by atoms with van der Waals surface area (Å²) in [5.74, 6) is 1.71. The second kappa shape index (κ2) is 11.0. The van der Waals surface area contributed by atoms with Crippen LogP contribution in [0.2, 0.25) is 0 Å². The molecule has 132 valence electrons. The van der Waals surface area contributed by atoms with Crippen LogP contribution in [0.5, 0.6) is 0 Å². The van der Waals surface area contributed by atoms with Crippen molar-refractivity contribution in [2.75, 3.05) is 13.6 Å². The van der Waals surface area contributed by atoms with Gasteiger partial charge in [0, 0.05) is 50.4 Å². The predicted octanol–water partition coefficient (Wildman–Crippen LogP) is 2.72. The molecule has 0 saturated carbocycles. The fraction of sp³-hybridized carbons (Fsp3) is 0.471. The number of halogens is 1. The number of hydrogen-bond acceptors (Lipinski definition) is 4. The molecule has 0 atom stereocenters. The molecule has 0 aliphatic carbocycles. The Balaban J connectivity index is 0.00000288. The summed E-state index contributed by atoms with van der Waals surface area (Å²) in [7, 11) is 1.77. The van der Waals surface area contributed by atoms with Gasteiger partial charge in [0.05, 0.1) is 5.69 Å². The van der Waals surface area contributed by atoms with Crippen LogP contribution in [0.15, 0.2) is 33.9 Å². The van der Waals surface area contributed by atoms with Crippen molar-refractivity contribution >= 4 is 29.9 Å². The number of aliphatic imine (C=N–C) groups is 1. The summed E-state index contributed by atoms with van der Waals surface area (Å²) in [5.41, 5.74) is 3.22. The molecule has 2 N–H and O–H groups in total. The number of aryl methyl sites for hydroxylation is 2. The Bertz CT molecular complexity index is 606. The zero-order valence-electron chi connectivity index (χ0n) is 14.5. The van der Waals surface area contributed by atoms with E-state index in [2.05, 4.69) is 39.6 Å². The highest BCUT2D eigenvalue weighted by Crippen LogP contribution is 2.15. The fourth-order valence-corrected chi connectivity index (χ4v) is 2.39. The Labute approximate surface area is 160 Å². The molecule has 6 nitrogen and oxygen atoms in total. The lowest BCUT2D eigenvalue weighted by Gasteiger charge is -2.12. The Hall–Kier alpha value is -1.64. The molecule has 2 rings (SSSR count). The molecule has 0 saturated heterocycles. The summed E-state index contributed by atoms with van der Waals surface area (Å²) in [6.45, 7) is 5.60. The molecule has 0 spiro atoms. The van der Waals surface area contributed by atoms with E-state index in [0.717, 1.165) is 54.5 Å². The fourth-order valence-electron chi connectivity index (χ4n) is 2.39. The number of nitrogens with zero attached hydrogens (tertiary/aromatic N) is 3. The number of hydrogen-bond donors (Lipinski definition) is 2. The van der Waals surface area contributed by atoms with Gasteiger partial charge >= 0.3 is 0 Å². The lowest BCUT2D eigenvalue weighted by Crippen LogP contribution is -2.38. The largest absolute Gasteiger partial charge is 0.361 e. The molecular weight excluding hydrogens is 417 g/mol. The Kier molecular flexibility index (Phi) is 9.36. The maximum Gasteiger partial charge on any atom is 0.191 e. The van der Waals surface area contributed by atoms with Crippen molar-refractivity contribution in [3.63, 3.8) is 0 Å². The van der Waals surface area contributed by atoms with Crippen molar-refractivity contribution in [3.05, 3.63) is 47.1 Å². The molecule has 0 radical (unpaired) electrons. The van der Waals surface area contributed by atoms with Crippen LogP contribution in [0.25, 0.3) is 0 Å². The van der Waals surface area contributed by atoms with E-state index in [1.54, 1.807) is 7.05 Å². The third-order valence-electron chi connectivity index (χ3n) is 3.66. The SMILES string of the molecule is CCc1noc(CC)c1CNC(=NC)NCCc1ccccn1.I. The number of pyridine rings is 1. The van der Waals surface area contributed by atoms with Crippen LogP contribution in [0.3, 0.4) is 0 Å². The zero-order valence-corrected chi connectivity index (χ0v) is 16.8. The van der Waals surface area contributed by atoms with Crippen LogP contribution in [-0.2, 0) is 25.8 Å². The normalized spacial score (nSPS) is 11.0. The van der Waals surface area contributed by atoms with Gasteiger partial charge in [-0.3, -0.25) is 9.98 Å². The second-order valence-electron chi connectivity index (χ2n) is 5.16. The molecule has 0 fully saturated rings. The van der Waals surface area contributed by atoms with E-state index in [1.165, 1.54) is 0 Å². The van der Waals surface area contributed by atoms with E-state index in [1.807, 2.05) is 24.4 Å². The van der Waals surface area contributed by atoms with E-state index in [9.17, 15) is 0 Å². The van der Waals surface area contributed by atoms with E-state index < -0.39 is 0 Å². The summed E-state index contributed by atoms with van der Waals surface area (Å²) in [6, 6.07) is 5.95. The molecule has 2 aromatic rings. The smallest absolute Gasteiger partial charge is 0.191 e. The van der Waals surface area contributed by atoms with Crippen LogP contribution in [0.4, 0.5) is 0 Å². The van der Waals surface area contributed by atoms with Gasteiger partial charge in [-0.05, 0) is 18.6 Å². The van der Waals surface area contributed by atoms with Crippen LogP contribution in [0, 0.1) is 0 Å². The Morgan fingerprint density at radius 3 is 2.67 bits per heavy atom. The molecule has 0 unspecified atom stereocenters. The van der Waals surface area contributed by atoms with Crippen LogP contribution < -0.4 is 10.6 Å². The first-order valence-electron chi connectivity index (χ1n) is 8.09. The first-order valence-corrected chi connectivity index (χ1v) is 8.09. The van der Waals surface area contributed by atoms with Gasteiger partial charge < -0.3 is 15.2 Å². The van der Waals surface area contributed by atoms with Crippen LogP contribution >= 0.6 is 24.0 Å². The van der Waals surface area contributed by atoms with E-state index in [4.69, 9.17) is 4.52 Å². The highest BCUT2D eigenvalue weighted by Gasteiger charge is 2.13. The molecule has 0 amide bonds. The maximum absolute atomic E-state index is 5.38. The van der Waals surface area contributed by atoms with Gasteiger partial charge in [-0.25, -0.2) is 0 Å². The van der Waals surface area contributed by atoms with E-state index in [-0.39, 0.29) is 24.0 Å². The number of guanidine groups is 1. The maximum atomic E-state index is 5.38. The van der Waals surface area contributed by atoms with Gasteiger partial charge in [-0.15, -0.1) is 24.0 Å². The van der Waals surface area contributed by atoms with E-state index >= 15 is 0 Å². The molecule has 0 aliphatic rings. The minimum absolute atomic E-state index is 0. The molecule has 0 bridgehead atoms. The number of nitrogens with one attached hydrogen (secondary N) is 2. The molecule has 7 heteroatoms. The Morgan fingerprint density at radius 2 is 2.04 bits per heavy atom. The molecular formula is C17H26IN5O. The van der Waals surface area contributed by atoms with E-state index in [0.29, 0.717) is 6.54 Å². The van der Waals surface area contributed by atoms with Crippen LogP contribution in [-0.4, -0.2) is 29.7 Å². The molecule has 2 heterocycles. The summed E-state index contributed by atoms with van der Waals surface area (Å²) >= 11 is 0. The third-order valence-corrected chi connectivity index (χ3v) is 3.66. The molecule has 0 aliphatic heterocycles. The van der Waals surface area contributed by atoms with Crippen molar-refractivity contribution in [1.82, 2.24) is 20.8 Å². The summed E-state index contributed by atoms with van der Waals surface area (Å²) in [5, 5.41) is 10.8. The van der Waals surface area contributed by atoms with Crippen molar-refractivity contribution in [2.45, 2.75) is 39.7 Å². The highest BCUT2D eigenvalue weighted by atomic mass is 127. The monoisotopic (exact) mass is 443 g/mol. The minimum atomic E-state index is 0. The van der Waals surface area contributed by atoms with Gasteiger partial charge in [-0.2, -0.15) is 0 Å². The summed E-state index contributed by atoms with van der Waals surface area (Å²) in [6.07, 6.45) is 4.38. The van der Waals surface area contributed by atoms with Gasteiger partial charge in [0.2, 0.25) is 0 Å². The van der Waals surface area contributed by atoms with Crippen molar-refractivity contribution in [1.29, 1.82) is 0 Å². The first-order chi connectivity index (χ1) is 11.3. The van der Waals surface area contributed by atoms with Crippen LogP contribution in [0.1, 0.15) is 36.6 Å². The Morgan fingerprint density at radius 1 is 1.21 bits per heavy atom. The zero-order chi connectivity index (χ0) is 16.5. The highest BCUT2D eigenvalue weighted by molar-refractivity contribution is 14.0. The first kappa shape index (κ1) is 20.4. The topological polar surface area (TPSA) is 75.3 Å². The average Bonchev–Trinajstić information content (AvgIpc) is 3.00. The second-order valence-corrected chi connectivity index (χ2v) is 5.16. The number of aromatic nitrogens is 2. The quantitative estimate of drug-likeness (QED) is 0.391. The van der Waals surface area contributed by atoms with Gasteiger partial charge in [0.1, 0.15) is 5.76 Å². The van der Waals surface area contributed by atoms with Gasteiger partial charge in [0.25, 0.3) is 0 Å². The third kappa shape index (κ3) is 5.77. The van der Waals surface area contributed by atoms with Crippen molar-refractivity contribution in [3.8, 4) is 0 Å². The average molecular weight is 443 g/mol. The molecule has 24 heavy (non-hydrogen) atoms. The summed E-state index contributed by atoms with van der Waals surface area (Å²) < 4.78 is 5.38. The molecule has 0 aromatic carbocycles. The van der Waals surface area contributed by atoms with Crippen molar-refractivity contribution < 1.29 is 4.52 Å². The lowest BCUT2D eigenvalue weighted by atomic mass is 10.1. The number of rotatable bonds is 7. The van der Waals surface area contributed by atoms with Crippen molar-refractivity contribution in [2.24, 2.45) is 4.99 Å². The van der Waals surface area contributed by atoms with Gasteiger partial charge in [-0.1, -0.05) is 25.1 Å². The lowest BCUT2D eigenvalue weighted by molar-refractivity contribution is 0.380.